The van der Waals surface area contributed by atoms with E-state index in [9.17, 15) is 13.2 Å². The number of methoxy groups -OCH3 is 2. The van der Waals surface area contributed by atoms with Gasteiger partial charge in [-0.1, -0.05) is 80.6 Å². The lowest BCUT2D eigenvalue weighted by Gasteiger charge is -2.39. The molecule has 0 spiro atoms. The van der Waals surface area contributed by atoms with Gasteiger partial charge in [0.2, 0.25) is 0 Å². The van der Waals surface area contributed by atoms with Gasteiger partial charge in [0.1, 0.15) is 11.6 Å². The number of halogens is 3. The van der Waals surface area contributed by atoms with Crippen LogP contribution in [0, 0.1) is 18.0 Å². The first kappa shape index (κ1) is 31.6. The van der Waals surface area contributed by atoms with Crippen LogP contribution in [-0.4, -0.2) is 29.2 Å². The average molecular weight is 672 g/mol. The number of ether oxygens (including phenoxy) is 3. The van der Waals surface area contributed by atoms with Crippen LogP contribution < -0.4 is 14.2 Å². The van der Waals surface area contributed by atoms with Crippen molar-refractivity contribution in [2.45, 2.75) is 37.7 Å². The van der Waals surface area contributed by atoms with Gasteiger partial charge in [0, 0.05) is 33.1 Å². The topological polar surface area (TPSA) is 66.4 Å². The molecule has 0 N–H and O–H groups in total. The van der Waals surface area contributed by atoms with Crippen LogP contribution in [0.1, 0.15) is 54.5 Å². The molecule has 0 fully saturated rings. The number of hydrogen-bond acceptors (Lipinski definition) is 6. The van der Waals surface area contributed by atoms with Gasteiger partial charge < -0.3 is 14.2 Å². The van der Waals surface area contributed by atoms with Crippen molar-refractivity contribution < 1.29 is 27.4 Å². The molecule has 0 saturated heterocycles. The lowest BCUT2D eigenvalue weighted by molar-refractivity contribution is 0.163. The molecule has 0 radical (unpaired) electrons. The van der Waals surface area contributed by atoms with Crippen molar-refractivity contribution in [1.29, 1.82) is 0 Å². The van der Waals surface area contributed by atoms with E-state index in [1.165, 1.54) is 28.8 Å². The predicted octanol–water partition coefficient (Wildman–Crippen LogP) is 9.56. The number of hydrogen-bond donors (Lipinski definition) is 0. The van der Waals surface area contributed by atoms with Gasteiger partial charge in [-0.05, 0) is 70.8 Å². The van der Waals surface area contributed by atoms with Crippen LogP contribution in [0.15, 0.2) is 91.0 Å². The molecule has 6 nitrogen and oxygen atoms in total. The molecular formula is C41H32F3N3O3. The van der Waals surface area contributed by atoms with Crippen molar-refractivity contribution in [2.24, 2.45) is 0 Å². The van der Waals surface area contributed by atoms with Crippen LogP contribution in [-0.2, 0) is 11.0 Å². The Morgan fingerprint density at radius 2 is 1.32 bits per heavy atom. The minimum atomic E-state index is -1.23. The summed E-state index contributed by atoms with van der Waals surface area (Å²) >= 11 is 0. The Morgan fingerprint density at radius 1 is 0.720 bits per heavy atom. The average Bonchev–Trinajstić information content (AvgIpc) is 3.45. The number of rotatable bonds is 7. The Labute approximate surface area is 287 Å². The standard InChI is InChI=1S/C41H32F3N3O3/c1-5-40(6-2)31-10-8-7-9-27(31)34-29-21-32(48-3)33(49-4)22-30(29)36-28(35(34)40)19-20-41(50-36,25-15-17-26(42)18-16-25)24-13-11-23(12-14-24)37-45-38(43)47-39(44)46-37/h7-22H,5-6H2,1-4H3. The molecule has 250 valence electrons. The zero-order valence-electron chi connectivity index (χ0n) is 27.9. The summed E-state index contributed by atoms with van der Waals surface area (Å²) in [5.74, 6) is 1.28. The van der Waals surface area contributed by atoms with E-state index in [-0.39, 0.29) is 17.1 Å². The first-order valence-corrected chi connectivity index (χ1v) is 16.4. The third-order valence-electron chi connectivity index (χ3n) is 10.4. The van der Waals surface area contributed by atoms with Gasteiger partial charge in [-0.25, -0.2) is 4.39 Å². The molecule has 0 amide bonds. The fourth-order valence-corrected chi connectivity index (χ4v) is 7.98. The van der Waals surface area contributed by atoms with E-state index < -0.39 is 17.8 Å². The molecule has 2 heterocycles. The first-order valence-electron chi connectivity index (χ1n) is 16.4. The Morgan fingerprint density at radius 3 is 1.94 bits per heavy atom. The minimum Gasteiger partial charge on any atom is -0.493 e. The van der Waals surface area contributed by atoms with Gasteiger partial charge in [0.25, 0.3) is 0 Å². The SMILES string of the molecule is CCC1(CC)c2ccccc2-c2c1c1c(c3cc(OC)c(OC)cc23)OC(c2ccc(F)cc2)(c2ccc(-c3nc(F)nc(F)n3)cc2)C=C1. The molecule has 6 aromatic rings. The maximum atomic E-state index is 14.4. The third-order valence-corrected chi connectivity index (χ3v) is 10.4. The Kier molecular flexibility index (Phi) is 7.40. The van der Waals surface area contributed by atoms with E-state index in [1.54, 1.807) is 50.6 Å². The van der Waals surface area contributed by atoms with E-state index >= 15 is 0 Å². The highest BCUT2D eigenvalue weighted by atomic mass is 19.1. The highest BCUT2D eigenvalue weighted by Gasteiger charge is 2.47. The number of nitrogens with zero attached hydrogens (tertiary/aromatic N) is 3. The smallest absolute Gasteiger partial charge is 0.314 e. The molecule has 0 saturated carbocycles. The zero-order valence-corrected chi connectivity index (χ0v) is 27.9. The van der Waals surface area contributed by atoms with Crippen LogP contribution in [0.4, 0.5) is 13.2 Å². The van der Waals surface area contributed by atoms with Gasteiger partial charge in [-0.3, -0.25) is 0 Å². The number of fused-ring (bicyclic) bond motifs is 8. The van der Waals surface area contributed by atoms with Crippen molar-refractivity contribution in [1.82, 2.24) is 15.0 Å². The quantitative estimate of drug-likeness (QED) is 0.168. The van der Waals surface area contributed by atoms with Crippen molar-refractivity contribution in [3.05, 3.63) is 137 Å². The Bertz CT molecular complexity index is 2320. The van der Waals surface area contributed by atoms with Crippen molar-refractivity contribution >= 4 is 16.8 Å². The Balaban J connectivity index is 1.42. The van der Waals surface area contributed by atoms with E-state index in [2.05, 4.69) is 59.1 Å². The molecule has 9 heteroatoms. The molecule has 2 aliphatic rings. The van der Waals surface area contributed by atoms with E-state index in [4.69, 9.17) is 14.2 Å². The van der Waals surface area contributed by atoms with Crippen LogP contribution in [0.5, 0.6) is 17.2 Å². The lowest BCUT2D eigenvalue weighted by Crippen LogP contribution is -2.35. The first-order chi connectivity index (χ1) is 24.3. The maximum absolute atomic E-state index is 14.4. The van der Waals surface area contributed by atoms with Gasteiger partial charge >= 0.3 is 12.2 Å². The summed E-state index contributed by atoms with van der Waals surface area (Å²) in [5.41, 5.74) is 6.00. The second kappa shape index (κ2) is 11.7. The molecule has 1 aliphatic heterocycles. The summed E-state index contributed by atoms with van der Waals surface area (Å²) in [4.78, 5) is 10.3. The van der Waals surface area contributed by atoms with Crippen LogP contribution in [0.3, 0.4) is 0 Å². The summed E-state index contributed by atoms with van der Waals surface area (Å²) in [6.07, 6.45) is 3.45. The van der Waals surface area contributed by atoms with E-state index in [0.29, 0.717) is 33.9 Å². The highest BCUT2D eigenvalue weighted by Crippen LogP contribution is 2.61. The molecule has 50 heavy (non-hydrogen) atoms. The van der Waals surface area contributed by atoms with Crippen molar-refractivity contribution in [3.63, 3.8) is 0 Å². The Hall–Kier alpha value is -5.70. The zero-order chi connectivity index (χ0) is 34.8. The summed E-state index contributed by atoms with van der Waals surface area (Å²) in [6.45, 7) is 4.45. The molecule has 1 unspecified atom stereocenters. The fraction of sp³-hybridized carbons (Fsp3) is 0.195. The monoisotopic (exact) mass is 671 g/mol. The molecule has 0 bridgehead atoms. The normalized spacial score (nSPS) is 16.8. The van der Waals surface area contributed by atoms with E-state index in [1.807, 2.05) is 18.2 Å². The summed E-state index contributed by atoms with van der Waals surface area (Å²) in [5, 5.41) is 1.79. The maximum Gasteiger partial charge on any atom is 0.314 e. The largest absolute Gasteiger partial charge is 0.493 e. The summed E-state index contributed by atoms with van der Waals surface area (Å²) in [6, 6.07) is 25.7. The van der Waals surface area contributed by atoms with Crippen molar-refractivity contribution in [3.8, 4) is 39.8 Å². The van der Waals surface area contributed by atoms with Gasteiger partial charge in [0.15, 0.2) is 22.9 Å². The van der Waals surface area contributed by atoms with Crippen LogP contribution in [0.25, 0.3) is 39.4 Å². The molecular weight excluding hydrogens is 639 g/mol. The van der Waals surface area contributed by atoms with Gasteiger partial charge in [-0.2, -0.15) is 23.7 Å². The number of benzene rings is 5. The van der Waals surface area contributed by atoms with Gasteiger partial charge in [0.05, 0.1) is 14.2 Å². The fourth-order valence-electron chi connectivity index (χ4n) is 7.98. The minimum absolute atomic E-state index is 0.138. The highest BCUT2D eigenvalue weighted by molar-refractivity contribution is 6.09. The van der Waals surface area contributed by atoms with Gasteiger partial charge in [-0.15, -0.1) is 0 Å². The van der Waals surface area contributed by atoms with Crippen LogP contribution >= 0.6 is 0 Å². The van der Waals surface area contributed by atoms with Crippen LogP contribution in [0.2, 0.25) is 0 Å². The molecule has 5 aromatic carbocycles. The molecule has 1 aromatic heterocycles. The molecule has 1 aliphatic carbocycles. The number of aromatic nitrogens is 3. The predicted molar refractivity (Wildman–Crippen MR) is 186 cm³/mol. The second-order valence-corrected chi connectivity index (χ2v) is 12.5. The molecule has 1 atom stereocenters. The van der Waals surface area contributed by atoms with Crippen molar-refractivity contribution in [2.75, 3.05) is 14.2 Å². The lowest BCUT2D eigenvalue weighted by atomic mass is 9.71. The van der Waals surface area contributed by atoms with E-state index in [0.717, 1.165) is 34.7 Å². The third kappa shape index (κ3) is 4.52. The molecule has 8 rings (SSSR count). The second-order valence-electron chi connectivity index (χ2n) is 12.5. The summed E-state index contributed by atoms with van der Waals surface area (Å²) < 4.78 is 61.1. The summed E-state index contributed by atoms with van der Waals surface area (Å²) in [7, 11) is 3.23.